The third-order valence-electron chi connectivity index (χ3n) is 13.9. The van der Waals surface area contributed by atoms with Gasteiger partial charge in [-0.05, 0) is 90.5 Å². The second-order valence-corrected chi connectivity index (χ2v) is 18.5. The zero-order chi connectivity index (χ0) is 45.0. The van der Waals surface area contributed by atoms with Gasteiger partial charge in [-0.25, -0.2) is 0 Å². The van der Waals surface area contributed by atoms with Crippen molar-refractivity contribution in [1.82, 2.24) is 13.7 Å². The molecule has 0 atom stereocenters. The average Bonchev–Trinajstić information content (AvgIpc) is 4.14. The van der Waals surface area contributed by atoms with Crippen molar-refractivity contribution in [2.75, 3.05) is 0 Å². The number of hydrogen-bond donors (Lipinski definition) is 0. The molecule has 0 aliphatic rings. The number of rotatable bonds is 5. The summed E-state index contributed by atoms with van der Waals surface area (Å²) in [6, 6.07) is 80.1. The minimum absolute atomic E-state index is 0.517. The summed E-state index contributed by atoms with van der Waals surface area (Å²) in [4.78, 5) is 0. The van der Waals surface area contributed by atoms with Crippen LogP contribution in [0, 0.1) is 22.7 Å². The van der Waals surface area contributed by atoms with E-state index in [-0.39, 0.29) is 0 Å². The molecule has 68 heavy (non-hydrogen) atoms. The molecule has 0 aliphatic heterocycles. The molecule has 6 heteroatoms. The zero-order valence-electron chi connectivity index (χ0n) is 36.4. The average molecular weight is 882 g/mol. The first kappa shape index (κ1) is 38.1. The standard InChI is InChI=1S/C62H35N5S/c63-36-39-14-4-5-17-43(39)50-32-38(26-27-40(50)37-64)44-29-28-42(33-57(44)67-54-23-11-7-19-46(54)51-34-52-47-20-9-13-25-59(47)68-60(52)35-58(51)67)65-55-24-12-8-21-49(55)61-56(65)31-30-48-45-18-6-10-22-53(45)66(62(48)61)41-15-2-1-3-16-41/h1-35H. The van der Waals surface area contributed by atoms with Crippen LogP contribution in [0.25, 0.3) is 125 Å². The van der Waals surface area contributed by atoms with E-state index in [0.29, 0.717) is 11.1 Å². The highest BCUT2D eigenvalue weighted by atomic mass is 32.1. The van der Waals surface area contributed by atoms with E-state index >= 15 is 0 Å². The Labute approximate surface area is 394 Å². The van der Waals surface area contributed by atoms with Crippen molar-refractivity contribution < 1.29 is 0 Å². The van der Waals surface area contributed by atoms with Gasteiger partial charge in [-0.2, -0.15) is 10.5 Å². The number of fused-ring (bicyclic) bond motifs is 13. The number of benzene rings is 10. The lowest BCUT2D eigenvalue weighted by molar-refractivity contribution is 1.14. The van der Waals surface area contributed by atoms with Gasteiger partial charge < -0.3 is 13.7 Å². The quantitative estimate of drug-likeness (QED) is 0.173. The van der Waals surface area contributed by atoms with Gasteiger partial charge in [0.25, 0.3) is 0 Å². The summed E-state index contributed by atoms with van der Waals surface area (Å²) in [5, 5.41) is 30.4. The van der Waals surface area contributed by atoms with Crippen LogP contribution in [0.3, 0.4) is 0 Å². The van der Waals surface area contributed by atoms with Crippen molar-refractivity contribution in [3.63, 3.8) is 0 Å². The normalized spacial score (nSPS) is 11.8. The van der Waals surface area contributed by atoms with Crippen LogP contribution in [-0.4, -0.2) is 13.7 Å². The van der Waals surface area contributed by atoms with Crippen molar-refractivity contribution in [2.45, 2.75) is 0 Å². The van der Waals surface area contributed by atoms with Gasteiger partial charge in [0.2, 0.25) is 0 Å². The largest absolute Gasteiger partial charge is 0.309 e. The molecule has 0 saturated carbocycles. The minimum atomic E-state index is 0.517. The number of nitrogens with zero attached hydrogens (tertiary/aromatic N) is 5. The summed E-state index contributed by atoms with van der Waals surface area (Å²) in [6.45, 7) is 0. The Morgan fingerprint density at radius 1 is 0.338 bits per heavy atom. The molecule has 0 spiro atoms. The molecule has 0 amide bonds. The Kier molecular flexibility index (Phi) is 8.21. The predicted octanol–water partition coefficient (Wildman–Crippen LogP) is 16.4. The van der Waals surface area contributed by atoms with E-state index in [1.165, 1.54) is 63.5 Å². The highest BCUT2D eigenvalue weighted by molar-refractivity contribution is 7.25. The van der Waals surface area contributed by atoms with Gasteiger partial charge in [0.1, 0.15) is 0 Å². The minimum Gasteiger partial charge on any atom is -0.309 e. The van der Waals surface area contributed by atoms with Crippen LogP contribution in [0.4, 0.5) is 0 Å². The van der Waals surface area contributed by atoms with Crippen LogP contribution >= 0.6 is 11.3 Å². The zero-order valence-corrected chi connectivity index (χ0v) is 37.2. The van der Waals surface area contributed by atoms with Gasteiger partial charge in [-0.1, -0.05) is 127 Å². The van der Waals surface area contributed by atoms with Gasteiger partial charge in [0, 0.05) is 80.6 Å². The molecule has 314 valence electrons. The second-order valence-electron chi connectivity index (χ2n) is 17.4. The topological polar surface area (TPSA) is 62.4 Å². The molecule has 4 heterocycles. The molecule has 0 fully saturated rings. The van der Waals surface area contributed by atoms with Gasteiger partial charge in [0.05, 0.1) is 62.1 Å². The summed E-state index contributed by atoms with van der Waals surface area (Å²) in [6.07, 6.45) is 0. The number of hydrogen-bond acceptors (Lipinski definition) is 3. The number of nitriles is 2. The summed E-state index contributed by atoms with van der Waals surface area (Å²) in [5.74, 6) is 0. The first-order valence-electron chi connectivity index (χ1n) is 22.7. The molecule has 4 aromatic heterocycles. The van der Waals surface area contributed by atoms with Crippen molar-refractivity contribution >= 4 is 96.9 Å². The Morgan fingerprint density at radius 2 is 0.985 bits per heavy atom. The first-order chi connectivity index (χ1) is 33.7. The van der Waals surface area contributed by atoms with Crippen molar-refractivity contribution in [1.29, 1.82) is 10.5 Å². The van der Waals surface area contributed by atoms with Crippen LogP contribution in [0.15, 0.2) is 212 Å². The highest BCUT2D eigenvalue weighted by Gasteiger charge is 2.24. The number of aromatic nitrogens is 3. The Morgan fingerprint density at radius 3 is 1.78 bits per heavy atom. The monoisotopic (exact) mass is 881 g/mol. The van der Waals surface area contributed by atoms with Crippen LogP contribution in [0.5, 0.6) is 0 Å². The molecular weight excluding hydrogens is 847 g/mol. The summed E-state index contributed by atoms with van der Waals surface area (Å²) < 4.78 is 9.79. The maximum absolute atomic E-state index is 10.4. The fourth-order valence-electron chi connectivity index (χ4n) is 11.0. The van der Waals surface area contributed by atoms with E-state index in [0.717, 1.165) is 61.4 Å². The molecule has 0 saturated heterocycles. The lowest BCUT2D eigenvalue weighted by atomic mass is 9.92. The molecule has 0 radical (unpaired) electrons. The summed E-state index contributed by atoms with van der Waals surface area (Å²) >= 11 is 1.83. The molecule has 14 aromatic rings. The molecule has 0 bridgehead atoms. The van der Waals surface area contributed by atoms with Crippen molar-refractivity contribution in [2.24, 2.45) is 0 Å². The van der Waals surface area contributed by atoms with Crippen molar-refractivity contribution in [3.05, 3.63) is 223 Å². The lowest BCUT2D eigenvalue weighted by Crippen LogP contribution is -2.02. The number of para-hydroxylation sites is 4. The fourth-order valence-corrected chi connectivity index (χ4v) is 12.1. The molecule has 14 rings (SSSR count). The Balaban J connectivity index is 1.10. The van der Waals surface area contributed by atoms with Gasteiger partial charge in [-0.15, -0.1) is 11.3 Å². The molecule has 0 N–H and O–H groups in total. The molecule has 0 unspecified atom stereocenters. The van der Waals surface area contributed by atoms with Crippen LogP contribution < -0.4 is 0 Å². The summed E-state index contributed by atoms with van der Waals surface area (Å²) in [7, 11) is 0. The molecule has 0 aliphatic carbocycles. The third kappa shape index (κ3) is 5.41. The lowest BCUT2D eigenvalue weighted by Gasteiger charge is -2.18. The smallest absolute Gasteiger partial charge is 0.0998 e. The third-order valence-corrected chi connectivity index (χ3v) is 15.1. The number of thiophene rings is 1. The second kappa shape index (κ2) is 14.7. The molecule has 5 nitrogen and oxygen atoms in total. The maximum Gasteiger partial charge on any atom is 0.0998 e. The Bertz CT molecular complexity index is 4530. The van der Waals surface area contributed by atoms with E-state index in [1.807, 2.05) is 47.7 Å². The van der Waals surface area contributed by atoms with Gasteiger partial charge in [-0.3, -0.25) is 0 Å². The van der Waals surface area contributed by atoms with Crippen LogP contribution in [0.1, 0.15) is 11.1 Å². The van der Waals surface area contributed by atoms with Crippen LogP contribution in [-0.2, 0) is 0 Å². The van der Waals surface area contributed by atoms with Crippen molar-refractivity contribution in [3.8, 4) is 51.5 Å². The van der Waals surface area contributed by atoms with E-state index in [9.17, 15) is 10.5 Å². The predicted molar refractivity (Wildman–Crippen MR) is 283 cm³/mol. The first-order valence-corrected chi connectivity index (χ1v) is 23.5. The fraction of sp³-hybridized carbons (Fsp3) is 0. The van der Waals surface area contributed by atoms with E-state index in [2.05, 4.69) is 202 Å². The van der Waals surface area contributed by atoms with E-state index in [1.54, 1.807) is 0 Å². The SMILES string of the molecule is N#Cc1ccccc1-c1cc(-c2ccc(-n3c4ccccc4c4c3ccc3c5ccccc5n(-c5ccccc5)c34)cc2-n2c3ccccc3c3cc4c(cc32)sc2ccccc24)ccc1C#N. The Hall–Kier alpha value is -9.20. The van der Waals surface area contributed by atoms with Crippen LogP contribution in [0.2, 0.25) is 0 Å². The molecular formula is C62H35N5S. The van der Waals surface area contributed by atoms with Gasteiger partial charge >= 0.3 is 0 Å². The molecule has 10 aromatic carbocycles. The maximum atomic E-state index is 10.4. The van der Waals surface area contributed by atoms with Gasteiger partial charge in [0.15, 0.2) is 0 Å². The summed E-state index contributed by atoms with van der Waals surface area (Å²) in [5.41, 5.74) is 14.4. The highest BCUT2D eigenvalue weighted by Crippen LogP contribution is 2.46. The van der Waals surface area contributed by atoms with E-state index in [4.69, 9.17) is 0 Å². The van der Waals surface area contributed by atoms with E-state index < -0.39 is 0 Å².